The number of nitrogens with one attached hydrogen (secondary N) is 1. The molecule has 2 nitrogen and oxygen atoms in total. The number of hydrogen-bond acceptors (Lipinski definition) is 1. The minimum atomic E-state index is -0.00106. The molecule has 0 unspecified atom stereocenters. The monoisotopic (exact) mass is 233 g/mol. The zero-order valence-electron chi connectivity index (χ0n) is 7.70. The van der Waals surface area contributed by atoms with Gasteiger partial charge in [-0.25, -0.2) is 0 Å². The first-order valence-corrected chi connectivity index (χ1v) is 4.73. The normalized spacial score (nSPS) is 8.93. The average molecular weight is 234 g/mol. The van der Waals surface area contributed by atoms with E-state index in [2.05, 4.69) is 5.32 Å². The Morgan fingerprint density at radius 1 is 1.29 bits per heavy atom. The number of benzene rings is 1. The summed E-state index contributed by atoms with van der Waals surface area (Å²) in [5.41, 5.74) is 1.10. The largest absolute Gasteiger partial charge is 0.352 e. The first-order valence-electron chi connectivity index (χ1n) is 4.19. The van der Waals surface area contributed by atoms with Crippen LogP contribution in [0.1, 0.15) is 12.0 Å². The van der Waals surface area contributed by atoms with Crippen molar-refractivity contribution in [1.82, 2.24) is 5.32 Å². The van der Waals surface area contributed by atoms with E-state index >= 15 is 0 Å². The summed E-state index contributed by atoms with van der Waals surface area (Å²) < 4.78 is 0. The van der Waals surface area contributed by atoms with Crippen molar-refractivity contribution >= 4 is 29.9 Å². The van der Waals surface area contributed by atoms with Gasteiger partial charge in [0.1, 0.15) is 0 Å². The predicted molar refractivity (Wildman–Crippen MR) is 60.9 cm³/mol. The van der Waals surface area contributed by atoms with E-state index in [1.807, 2.05) is 30.3 Å². The quantitative estimate of drug-likeness (QED) is 0.796. The summed E-state index contributed by atoms with van der Waals surface area (Å²) >= 11 is 5.42. The van der Waals surface area contributed by atoms with Crippen LogP contribution in [0.25, 0.3) is 0 Å². The van der Waals surface area contributed by atoms with Gasteiger partial charge in [-0.2, -0.15) is 0 Å². The predicted octanol–water partition coefficient (Wildman–Crippen LogP) is 2.35. The highest BCUT2D eigenvalue weighted by atomic mass is 35.5. The fraction of sp³-hybridized carbons (Fsp3) is 0.300. The summed E-state index contributed by atoms with van der Waals surface area (Å²) in [6, 6.07) is 9.79. The van der Waals surface area contributed by atoms with Crippen LogP contribution >= 0.6 is 24.0 Å². The lowest BCUT2D eigenvalue weighted by molar-refractivity contribution is -0.120. The molecule has 0 saturated carbocycles. The van der Waals surface area contributed by atoms with Gasteiger partial charge in [0.25, 0.3) is 0 Å². The molecule has 1 N–H and O–H groups in total. The summed E-state index contributed by atoms with van der Waals surface area (Å²) in [7, 11) is 0. The van der Waals surface area contributed by atoms with Crippen LogP contribution in [0, 0.1) is 0 Å². The molecule has 1 aromatic rings. The van der Waals surface area contributed by atoms with E-state index in [1.54, 1.807) is 0 Å². The van der Waals surface area contributed by atoms with Crippen molar-refractivity contribution in [3.8, 4) is 0 Å². The van der Waals surface area contributed by atoms with Gasteiger partial charge in [0.05, 0.1) is 0 Å². The van der Waals surface area contributed by atoms with Crippen LogP contribution in [0.5, 0.6) is 0 Å². The SMILES string of the molecule is Cl.O=C(CCCl)NCc1ccccc1. The molecular formula is C10H13Cl2NO. The number of carbonyl (C=O) groups is 1. The molecule has 0 aliphatic rings. The molecule has 0 radical (unpaired) electrons. The van der Waals surface area contributed by atoms with Gasteiger partial charge in [0, 0.05) is 18.8 Å². The van der Waals surface area contributed by atoms with Crippen molar-refractivity contribution in [2.45, 2.75) is 13.0 Å². The molecule has 0 fully saturated rings. The number of carbonyl (C=O) groups excluding carboxylic acids is 1. The Hall–Kier alpha value is -0.730. The maximum Gasteiger partial charge on any atom is 0.221 e. The first kappa shape index (κ1) is 13.3. The fourth-order valence-electron chi connectivity index (χ4n) is 0.971. The van der Waals surface area contributed by atoms with E-state index in [-0.39, 0.29) is 18.3 Å². The third-order valence-electron chi connectivity index (χ3n) is 1.65. The highest BCUT2D eigenvalue weighted by Crippen LogP contribution is 1.97. The smallest absolute Gasteiger partial charge is 0.221 e. The van der Waals surface area contributed by atoms with Crippen molar-refractivity contribution in [3.05, 3.63) is 35.9 Å². The Balaban J connectivity index is 0.00000169. The van der Waals surface area contributed by atoms with Crippen LogP contribution in [0.15, 0.2) is 30.3 Å². The molecule has 14 heavy (non-hydrogen) atoms. The molecule has 78 valence electrons. The third-order valence-corrected chi connectivity index (χ3v) is 1.84. The molecule has 0 heterocycles. The second-order valence-corrected chi connectivity index (χ2v) is 3.08. The van der Waals surface area contributed by atoms with E-state index in [4.69, 9.17) is 11.6 Å². The highest BCUT2D eigenvalue weighted by Gasteiger charge is 1.98. The fourth-order valence-corrected chi connectivity index (χ4v) is 1.14. The molecule has 4 heteroatoms. The summed E-state index contributed by atoms with van der Waals surface area (Å²) in [5.74, 6) is 0.375. The van der Waals surface area contributed by atoms with Gasteiger partial charge >= 0.3 is 0 Å². The number of amides is 1. The van der Waals surface area contributed by atoms with Gasteiger partial charge in [-0.1, -0.05) is 30.3 Å². The third kappa shape index (κ3) is 5.10. The van der Waals surface area contributed by atoms with Crippen LogP contribution in [-0.4, -0.2) is 11.8 Å². The molecule has 1 amide bonds. The Morgan fingerprint density at radius 3 is 2.50 bits per heavy atom. The van der Waals surface area contributed by atoms with Crippen molar-refractivity contribution in [1.29, 1.82) is 0 Å². The van der Waals surface area contributed by atoms with Gasteiger partial charge in [-0.05, 0) is 5.56 Å². The number of hydrogen-bond donors (Lipinski definition) is 1. The molecule has 0 atom stereocenters. The van der Waals surface area contributed by atoms with Gasteiger partial charge in [-0.3, -0.25) is 4.79 Å². The van der Waals surface area contributed by atoms with E-state index in [1.165, 1.54) is 0 Å². The molecular weight excluding hydrogens is 221 g/mol. The minimum absolute atomic E-state index is 0. The van der Waals surface area contributed by atoms with Crippen LogP contribution in [0.4, 0.5) is 0 Å². The number of halogens is 2. The van der Waals surface area contributed by atoms with Crippen molar-refractivity contribution in [3.63, 3.8) is 0 Å². The average Bonchev–Trinajstić information content (AvgIpc) is 2.17. The minimum Gasteiger partial charge on any atom is -0.352 e. The van der Waals surface area contributed by atoms with Crippen molar-refractivity contribution < 1.29 is 4.79 Å². The Morgan fingerprint density at radius 2 is 1.93 bits per heavy atom. The first-order chi connectivity index (χ1) is 6.33. The van der Waals surface area contributed by atoms with Crippen LogP contribution in [-0.2, 0) is 11.3 Å². The molecule has 0 saturated heterocycles. The summed E-state index contributed by atoms with van der Waals surface area (Å²) in [6.45, 7) is 0.580. The lowest BCUT2D eigenvalue weighted by Gasteiger charge is -2.02. The van der Waals surface area contributed by atoms with Crippen molar-refractivity contribution in [2.75, 3.05) is 5.88 Å². The Kier molecular flexibility index (Phi) is 7.25. The van der Waals surface area contributed by atoms with Gasteiger partial charge < -0.3 is 5.32 Å². The molecule has 0 aromatic heterocycles. The Bertz CT molecular complexity index is 264. The standard InChI is InChI=1S/C10H12ClNO.ClH/c11-7-6-10(13)12-8-9-4-2-1-3-5-9;/h1-5H,6-8H2,(H,12,13);1H. The van der Waals surface area contributed by atoms with E-state index in [9.17, 15) is 4.79 Å². The van der Waals surface area contributed by atoms with Crippen molar-refractivity contribution in [2.24, 2.45) is 0 Å². The zero-order chi connectivity index (χ0) is 9.52. The molecule has 0 spiro atoms. The van der Waals surface area contributed by atoms with Gasteiger partial charge in [0.2, 0.25) is 5.91 Å². The van der Waals surface area contributed by atoms with Crippen LogP contribution < -0.4 is 5.32 Å². The molecule has 0 bridgehead atoms. The second-order valence-electron chi connectivity index (χ2n) is 2.70. The zero-order valence-corrected chi connectivity index (χ0v) is 9.27. The van der Waals surface area contributed by atoms with E-state index in [0.29, 0.717) is 18.8 Å². The summed E-state index contributed by atoms with van der Waals surface area (Å²) in [4.78, 5) is 11.0. The maximum atomic E-state index is 11.0. The summed E-state index contributed by atoms with van der Waals surface area (Å²) in [6.07, 6.45) is 0.383. The number of rotatable bonds is 4. The van der Waals surface area contributed by atoms with Crippen LogP contribution in [0.3, 0.4) is 0 Å². The molecule has 1 rings (SSSR count). The van der Waals surface area contributed by atoms with E-state index < -0.39 is 0 Å². The number of alkyl halides is 1. The summed E-state index contributed by atoms with van der Waals surface area (Å²) in [5, 5.41) is 2.78. The molecule has 0 aliphatic heterocycles. The highest BCUT2D eigenvalue weighted by molar-refractivity contribution is 6.18. The molecule has 1 aromatic carbocycles. The lowest BCUT2D eigenvalue weighted by atomic mass is 10.2. The maximum absolute atomic E-state index is 11.0. The lowest BCUT2D eigenvalue weighted by Crippen LogP contribution is -2.22. The van der Waals surface area contributed by atoms with E-state index in [0.717, 1.165) is 5.56 Å². The molecule has 0 aliphatic carbocycles. The van der Waals surface area contributed by atoms with Gasteiger partial charge in [-0.15, -0.1) is 24.0 Å². The topological polar surface area (TPSA) is 29.1 Å². The Labute approximate surface area is 95.1 Å². The second kappa shape index (κ2) is 7.65. The van der Waals surface area contributed by atoms with Gasteiger partial charge in [0.15, 0.2) is 0 Å². The van der Waals surface area contributed by atoms with Crippen LogP contribution in [0.2, 0.25) is 0 Å².